The van der Waals surface area contributed by atoms with Crippen LogP contribution >= 0.6 is 0 Å². The van der Waals surface area contributed by atoms with Crippen molar-refractivity contribution in [3.8, 4) is 5.75 Å². The molecule has 1 aromatic heterocycles. The molecule has 5 aromatic rings. The quantitative estimate of drug-likeness (QED) is 0.176. The summed E-state index contributed by atoms with van der Waals surface area (Å²) in [5, 5.41) is 8.16. The molecular weight excluding hydrogens is 464 g/mol. The van der Waals surface area contributed by atoms with E-state index in [0.29, 0.717) is 41.2 Å². The van der Waals surface area contributed by atoms with Crippen LogP contribution in [0.4, 0.5) is 0 Å². The van der Waals surface area contributed by atoms with Gasteiger partial charge in [-0.05, 0) is 48.1 Å². The van der Waals surface area contributed by atoms with Gasteiger partial charge in [0, 0.05) is 28.5 Å². The molecule has 1 N–H and O–H groups in total. The fraction of sp³-hybridized carbons (Fsp3) is 0.129. The zero-order valence-electron chi connectivity index (χ0n) is 20.3. The molecule has 0 atom stereocenters. The SMILES string of the molecule is Cc1c(C(=O)Oc2cccc3ccccc23)oc2c1/C(=N/NC(=O)c1cccc3ccccc13)CCC2. The minimum Gasteiger partial charge on any atom is -0.453 e. The van der Waals surface area contributed by atoms with Gasteiger partial charge in [0.15, 0.2) is 0 Å². The number of esters is 1. The standard InChI is InChI=1S/C31H24N2O4/c1-19-28-25(32-33-30(34)24-15-6-11-20-9-2-4-13-22(20)24)16-8-18-27(28)36-29(19)31(35)37-26-17-7-12-21-10-3-5-14-23(21)26/h2-7,9-15,17H,8,16,18H2,1H3,(H,33,34)/b32-25+. The second-order valence-electron chi connectivity index (χ2n) is 9.10. The Morgan fingerprint density at radius 1 is 0.838 bits per heavy atom. The number of hydrogen-bond donors (Lipinski definition) is 1. The Kier molecular flexibility index (Phi) is 5.77. The van der Waals surface area contributed by atoms with E-state index in [0.717, 1.165) is 33.5 Å². The molecule has 0 unspecified atom stereocenters. The largest absolute Gasteiger partial charge is 0.453 e. The summed E-state index contributed by atoms with van der Waals surface area (Å²) in [6.45, 7) is 1.83. The Bertz CT molecular complexity index is 1700. The number of hydrogen-bond acceptors (Lipinski definition) is 5. The van der Waals surface area contributed by atoms with Gasteiger partial charge in [-0.1, -0.05) is 72.8 Å². The Labute approximate surface area is 213 Å². The van der Waals surface area contributed by atoms with Crippen molar-refractivity contribution in [2.45, 2.75) is 26.2 Å². The maximum absolute atomic E-state index is 13.2. The van der Waals surface area contributed by atoms with E-state index in [4.69, 9.17) is 9.15 Å². The third-order valence-corrected chi connectivity index (χ3v) is 6.79. The van der Waals surface area contributed by atoms with Gasteiger partial charge in [-0.15, -0.1) is 0 Å². The number of aryl methyl sites for hydroxylation is 1. The number of amides is 1. The van der Waals surface area contributed by atoms with Crippen LogP contribution in [0.1, 0.15) is 50.6 Å². The van der Waals surface area contributed by atoms with Gasteiger partial charge in [-0.3, -0.25) is 4.79 Å². The Morgan fingerprint density at radius 3 is 2.32 bits per heavy atom. The Morgan fingerprint density at radius 2 is 1.51 bits per heavy atom. The number of carbonyl (C=O) groups is 2. The number of ether oxygens (including phenoxy) is 1. The van der Waals surface area contributed by atoms with Crippen LogP contribution in [0.15, 0.2) is 94.4 Å². The van der Waals surface area contributed by atoms with E-state index >= 15 is 0 Å². The summed E-state index contributed by atoms with van der Waals surface area (Å²) in [6.07, 6.45) is 2.16. The summed E-state index contributed by atoms with van der Waals surface area (Å²) in [4.78, 5) is 26.2. The molecule has 182 valence electrons. The van der Waals surface area contributed by atoms with E-state index in [1.165, 1.54) is 0 Å². The molecule has 0 radical (unpaired) electrons. The second kappa shape index (κ2) is 9.39. The van der Waals surface area contributed by atoms with Crippen molar-refractivity contribution in [3.05, 3.63) is 113 Å². The van der Waals surface area contributed by atoms with E-state index in [1.807, 2.05) is 79.7 Å². The zero-order chi connectivity index (χ0) is 25.4. The first-order chi connectivity index (χ1) is 18.1. The number of furan rings is 1. The van der Waals surface area contributed by atoms with Gasteiger partial charge in [0.2, 0.25) is 5.76 Å². The Balaban J connectivity index is 1.28. The molecule has 4 aromatic carbocycles. The van der Waals surface area contributed by atoms with Crippen molar-refractivity contribution in [1.29, 1.82) is 0 Å². The van der Waals surface area contributed by atoms with Crippen LogP contribution in [0.2, 0.25) is 0 Å². The van der Waals surface area contributed by atoms with Crippen molar-refractivity contribution in [2.75, 3.05) is 0 Å². The van der Waals surface area contributed by atoms with Crippen LogP contribution in [-0.4, -0.2) is 17.6 Å². The van der Waals surface area contributed by atoms with Crippen molar-refractivity contribution < 1.29 is 18.7 Å². The number of carbonyl (C=O) groups excluding carboxylic acids is 2. The lowest BCUT2D eigenvalue weighted by Gasteiger charge is -2.13. The lowest BCUT2D eigenvalue weighted by Crippen LogP contribution is -2.22. The number of benzene rings is 4. The third kappa shape index (κ3) is 4.16. The molecule has 0 aliphatic heterocycles. The van der Waals surface area contributed by atoms with Crippen LogP contribution in [0, 0.1) is 6.92 Å². The van der Waals surface area contributed by atoms with Gasteiger partial charge in [-0.2, -0.15) is 5.10 Å². The van der Waals surface area contributed by atoms with Gasteiger partial charge in [0.05, 0.1) is 5.71 Å². The van der Waals surface area contributed by atoms with Gasteiger partial charge in [0.1, 0.15) is 11.5 Å². The highest BCUT2D eigenvalue weighted by Crippen LogP contribution is 2.32. The molecule has 0 spiro atoms. The predicted molar refractivity (Wildman–Crippen MR) is 143 cm³/mol. The number of nitrogens with one attached hydrogen (secondary N) is 1. The molecule has 1 aliphatic carbocycles. The maximum atomic E-state index is 13.2. The summed E-state index contributed by atoms with van der Waals surface area (Å²) in [6, 6.07) is 26.7. The highest BCUT2D eigenvalue weighted by molar-refractivity contribution is 6.09. The minimum absolute atomic E-state index is 0.160. The summed E-state index contributed by atoms with van der Waals surface area (Å²) in [5.41, 5.74) is 5.41. The van der Waals surface area contributed by atoms with Crippen LogP contribution in [0.5, 0.6) is 5.75 Å². The average molecular weight is 489 g/mol. The van der Waals surface area contributed by atoms with Gasteiger partial charge in [-0.25, -0.2) is 10.2 Å². The number of hydrazone groups is 1. The third-order valence-electron chi connectivity index (χ3n) is 6.79. The molecule has 0 saturated carbocycles. The number of nitrogens with zero attached hydrogens (tertiary/aromatic N) is 1. The lowest BCUT2D eigenvalue weighted by atomic mass is 9.93. The minimum atomic E-state index is -0.553. The molecule has 1 aliphatic rings. The first kappa shape index (κ1) is 22.7. The lowest BCUT2D eigenvalue weighted by molar-refractivity contribution is 0.0700. The molecule has 6 heteroatoms. The molecule has 1 heterocycles. The van der Waals surface area contributed by atoms with E-state index in [9.17, 15) is 9.59 Å². The molecule has 1 amide bonds. The van der Waals surface area contributed by atoms with E-state index < -0.39 is 5.97 Å². The fourth-order valence-electron chi connectivity index (χ4n) is 5.01. The smallest absolute Gasteiger partial charge is 0.379 e. The van der Waals surface area contributed by atoms with E-state index in [-0.39, 0.29) is 11.7 Å². The van der Waals surface area contributed by atoms with Gasteiger partial charge >= 0.3 is 5.97 Å². The Hall–Kier alpha value is -4.71. The highest BCUT2D eigenvalue weighted by Gasteiger charge is 2.29. The number of fused-ring (bicyclic) bond motifs is 3. The summed E-state index contributed by atoms with van der Waals surface area (Å²) in [5.74, 6) is 0.489. The average Bonchev–Trinajstić information content (AvgIpc) is 3.28. The molecule has 6 nitrogen and oxygen atoms in total. The first-order valence-electron chi connectivity index (χ1n) is 12.3. The van der Waals surface area contributed by atoms with Crippen LogP contribution in [0.25, 0.3) is 21.5 Å². The number of rotatable bonds is 4. The van der Waals surface area contributed by atoms with Gasteiger partial charge < -0.3 is 9.15 Å². The van der Waals surface area contributed by atoms with Crippen molar-refractivity contribution in [1.82, 2.24) is 5.43 Å². The normalized spacial score (nSPS) is 14.0. The molecule has 0 bridgehead atoms. The fourth-order valence-corrected chi connectivity index (χ4v) is 5.01. The first-order valence-corrected chi connectivity index (χ1v) is 12.3. The van der Waals surface area contributed by atoms with Crippen LogP contribution in [-0.2, 0) is 6.42 Å². The maximum Gasteiger partial charge on any atom is 0.379 e. The predicted octanol–water partition coefficient (Wildman–Crippen LogP) is 6.58. The monoisotopic (exact) mass is 488 g/mol. The molecule has 37 heavy (non-hydrogen) atoms. The molecule has 6 rings (SSSR count). The summed E-state index contributed by atoms with van der Waals surface area (Å²) < 4.78 is 11.8. The molecular formula is C31H24N2O4. The van der Waals surface area contributed by atoms with E-state index in [1.54, 1.807) is 12.1 Å². The topological polar surface area (TPSA) is 80.9 Å². The molecule has 0 saturated heterocycles. The summed E-state index contributed by atoms with van der Waals surface area (Å²) >= 11 is 0. The van der Waals surface area contributed by atoms with Crippen LogP contribution in [0.3, 0.4) is 0 Å². The van der Waals surface area contributed by atoms with Crippen LogP contribution < -0.4 is 10.2 Å². The second-order valence-corrected chi connectivity index (χ2v) is 9.10. The van der Waals surface area contributed by atoms with E-state index in [2.05, 4.69) is 10.5 Å². The highest BCUT2D eigenvalue weighted by atomic mass is 16.5. The summed E-state index contributed by atoms with van der Waals surface area (Å²) in [7, 11) is 0. The zero-order valence-corrected chi connectivity index (χ0v) is 20.3. The van der Waals surface area contributed by atoms with Crippen molar-refractivity contribution in [3.63, 3.8) is 0 Å². The van der Waals surface area contributed by atoms with Crippen molar-refractivity contribution >= 4 is 39.1 Å². The molecule has 0 fully saturated rings. The van der Waals surface area contributed by atoms with Gasteiger partial charge in [0.25, 0.3) is 5.91 Å². The van der Waals surface area contributed by atoms with Crippen molar-refractivity contribution in [2.24, 2.45) is 5.10 Å².